The van der Waals surface area contributed by atoms with Gasteiger partial charge >= 0.3 is 5.97 Å². The molecule has 0 amide bonds. The van der Waals surface area contributed by atoms with Crippen molar-refractivity contribution in [2.45, 2.75) is 13.0 Å². The fourth-order valence-corrected chi connectivity index (χ4v) is 1.93. The Morgan fingerprint density at radius 2 is 1.90 bits per heavy atom. The number of hydrogen-bond acceptors (Lipinski definition) is 3. The summed E-state index contributed by atoms with van der Waals surface area (Å²) in [6, 6.07) is 14.2. The average molecular weight is 272 g/mol. The number of carboxylic acid groups (broad SMARTS) is 1. The fourth-order valence-electron chi connectivity index (χ4n) is 1.93. The Kier molecular flexibility index (Phi) is 4.74. The van der Waals surface area contributed by atoms with Gasteiger partial charge in [-0.3, -0.25) is 0 Å². The number of rotatable bonds is 6. The Bertz CT molecular complexity index is 593. The van der Waals surface area contributed by atoms with E-state index in [2.05, 4.69) is 0 Å². The van der Waals surface area contributed by atoms with E-state index >= 15 is 0 Å². The first-order chi connectivity index (χ1) is 9.70. The molecular weight excluding hydrogens is 256 g/mol. The number of para-hydroxylation sites is 1. The molecule has 2 aromatic rings. The van der Waals surface area contributed by atoms with Gasteiger partial charge in [0.1, 0.15) is 12.4 Å². The maximum Gasteiger partial charge on any atom is 0.335 e. The first kappa shape index (κ1) is 14.1. The standard InChI is InChI=1S/C16H16O4/c17-9-8-13-5-1-2-7-15(13)20-11-12-4-3-6-14(10-12)16(18)19/h1-7,10,17H,8-9,11H2,(H,18,19). The molecule has 0 atom stereocenters. The number of benzene rings is 2. The largest absolute Gasteiger partial charge is 0.489 e. The second-order valence-corrected chi connectivity index (χ2v) is 4.38. The monoisotopic (exact) mass is 272 g/mol. The van der Waals surface area contributed by atoms with Gasteiger partial charge in [-0.1, -0.05) is 30.3 Å². The van der Waals surface area contributed by atoms with Crippen LogP contribution < -0.4 is 4.74 Å². The second kappa shape index (κ2) is 6.73. The van der Waals surface area contributed by atoms with E-state index in [-0.39, 0.29) is 12.2 Å². The highest BCUT2D eigenvalue weighted by atomic mass is 16.5. The molecule has 4 nitrogen and oxygen atoms in total. The van der Waals surface area contributed by atoms with E-state index in [1.54, 1.807) is 18.2 Å². The summed E-state index contributed by atoms with van der Waals surface area (Å²) in [6.45, 7) is 0.360. The summed E-state index contributed by atoms with van der Waals surface area (Å²) in [7, 11) is 0. The molecule has 0 spiro atoms. The summed E-state index contributed by atoms with van der Waals surface area (Å²) in [5.41, 5.74) is 1.97. The van der Waals surface area contributed by atoms with Crippen molar-refractivity contribution in [3.8, 4) is 5.75 Å². The molecule has 2 aromatic carbocycles. The van der Waals surface area contributed by atoms with Crippen molar-refractivity contribution in [3.63, 3.8) is 0 Å². The number of carboxylic acids is 1. The average Bonchev–Trinajstić information content (AvgIpc) is 2.47. The quantitative estimate of drug-likeness (QED) is 0.848. The molecular formula is C16H16O4. The number of hydrogen-bond donors (Lipinski definition) is 2. The summed E-state index contributed by atoms with van der Waals surface area (Å²) in [6.07, 6.45) is 0.533. The number of carbonyl (C=O) groups is 1. The summed E-state index contributed by atoms with van der Waals surface area (Å²) in [5, 5.41) is 17.9. The SMILES string of the molecule is O=C(O)c1cccc(COc2ccccc2CCO)c1. The van der Waals surface area contributed by atoms with Crippen LogP contribution in [0.5, 0.6) is 5.75 Å². The van der Waals surface area contributed by atoms with Gasteiger partial charge in [0, 0.05) is 6.61 Å². The maximum absolute atomic E-state index is 10.9. The van der Waals surface area contributed by atoms with Crippen LogP contribution in [0.4, 0.5) is 0 Å². The van der Waals surface area contributed by atoms with Crippen LogP contribution in [0.1, 0.15) is 21.5 Å². The van der Waals surface area contributed by atoms with Gasteiger partial charge in [0.25, 0.3) is 0 Å². The Morgan fingerprint density at radius 1 is 1.10 bits per heavy atom. The molecule has 0 aromatic heterocycles. The Morgan fingerprint density at radius 3 is 2.65 bits per heavy atom. The number of aliphatic hydroxyl groups is 1. The molecule has 0 bridgehead atoms. The lowest BCUT2D eigenvalue weighted by Crippen LogP contribution is -2.02. The molecule has 0 saturated carbocycles. The van der Waals surface area contributed by atoms with E-state index < -0.39 is 5.97 Å². The molecule has 0 aliphatic heterocycles. The van der Waals surface area contributed by atoms with E-state index in [4.69, 9.17) is 14.9 Å². The molecule has 0 fully saturated rings. The van der Waals surface area contributed by atoms with Gasteiger partial charge in [-0.2, -0.15) is 0 Å². The van der Waals surface area contributed by atoms with Gasteiger partial charge in [-0.15, -0.1) is 0 Å². The third kappa shape index (κ3) is 3.59. The van der Waals surface area contributed by atoms with E-state index in [0.29, 0.717) is 18.8 Å². The van der Waals surface area contributed by atoms with Crippen LogP contribution in [0.15, 0.2) is 48.5 Å². The third-order valence-corrected chi connectivity index (χ3v) is 2.92. The van der Waals surface area contributed by atoms with E-state index in [1.807, 2.05) is 30.3 Å². The lowest BCUT2D eigenvalue weighted by molar-refractivity contribution is 0.0696. The van der Waals surface area contributed by atoms with Crippen LogP contribution in [0.2, 0.25) is 0 Å². The smallest absolute Gasteiger partial charge is 0.335 e. The van der Waals surface area contributed by atoms with Crippen LogP contribution in [-0.4, -0.2) is 22.8 Å². The highest BCUT2D eigenvalue weighted by Crippen LogP contribution is 2.20. The van der Waals surface area contributed by atoms with Crippen LogP contribution in [0.25, 0.3) is 0 Å². The van der Waals surface area contributed by atoms with E-state index in [9.17, 15) is 4.79 Å². The van der Waals surface area contributed by atoms with Gasteiger partial charge < -0.3 is 14.9 Å². The Labute approximate surface area is 117 Å². The van der Waals surface area contributed by atoms with Crippen LogP contribution in [0.3, 0.4) is 0 Å². The normalized spacial score (nSPS) is 10.2. The van der Waals surface area contributed by atoms with Gasteiger partial charge in [-0.25, -0.2) is 4.79 Å². The summed E-state index contributed by atoms with van der Waals surface area (Å²) < 4.78 is 5.71. The minimum absolute atomic E-state index is 0.0644. The van der Waals surface area contributed by atoms with E-state index in [1.165, 1.54) is 0 Å². The number of aromatic carboxylic acids is 1. The lowest BCUT2D eigenvalue weighted by Gasteiger charge is -2.11. The van der Waals surface area contributed by atoms with Gasteiger partial charge in [0.2, 0.25) is 0 Å². The molecule has 4 heteroatoms. The molecule has 0 aliphatic carbocycles. The molecule has 20 heavy (non-hydrogen) atoms. The molecule has 0 unspecified atom stereocenters. The zero-order valence-electron chi connectivity index (χ0n) is 11.0. The van der Waals surface area contributed by atoms with Crippen LogP contribution >= 0.6 is 0 Å². The summed E-state index contributed by atoms with van der Waals surface area (Å²) in [4.78, 5) is 10.9. The first-order valence-corrected chi connectivity index (χ1v) is 6.34. The molecule has 0 aliphatic rings. The Balaban J connectivity index is 2.09. The minimum Gasteiger partial charge on any atom is -0.489 e. The maximum atomic E-state index is 10.9. The third-order valence-electron chi connectivity index (χ3n) is 2.92. The van der Waals surface area contributed by atoms with Crippen LogP contribution in [0, 0.1) is 0 Å². The molecule has 0 radical (unpaired) electrons. The second-order valence-electron chi connectivity index (χ2n) is 4.38. The summed E-state index contributed by atoms with van der Waals surface area (Å²) in [5.74, 6) is -0.241. The molecule has 2 N–H and O–H groups in total. The van der Waals surface area contributed by atoms with Gasteiger partial charge in [-0.05, 0) is 35.7 Å². The van der Waals surface area contributed by atoms with Crippen molar-refractivity contribution in [1.82, 2.24) is 0 Å². The molecule has 2 rings (SSSR count). The molecule has 0 saturated heterocycles. The Hall–Kier alpha value is -2.33. The molecule has 104 valence electrons. The van der Waals surface area contributed by atoms with Crippen molar-refractivity contribution >= 4 is 5.97 Å². The highest BCUT2D eigenvalue weighted by molar-refractivity contribution is 5.87. The number of aliphatic hydroxyl groups excluding tert-OH is 1. The van der Waals surface area contributed by atoms with Gasteiger partial charge in [0.05, 0.1) is 5.56 Å². The zero-order chi connectivity index (χ0) is 14.4. The van der Waals surface area contributed by atoms with Crippen molar-refractivity contribution in [3.05, 3.63) is 65.2 Å². The lowest BCUT2D eigenvalue weighted by atomic mass is 10.1. The topological polar surface area (TPSA) is 66.8 Å². The van der Waals surface area contributed by atoms with Crippen molar-refractivity contribution in [1.29, 1.82) is 0 Å². The zero-order valence-corrected chi connectivity index (χ0v) is 11.0. The first-order valence-electron chi connectivity index (χ1n) is 6.34. The highest BCUT2D eigenvalue weighted by Gasteiger charge is 2.05. The van der Waals surface area contributed by atoms with Crippen molar-refractivity contribution < 1.29 is 19.7 Å². The molecule has 0 heterocycles. The van der Waals surface area contributed by atoms with Gasteiger partial charge in [0.15, 0.2) is 0 Å². The van der Waals surface area contributed by atoms with Crippen molar-refractivity contribution in [2.75, 3.05) is 6.61 Å². The summed E-state index contributed by atoms with van der Waals surface area (Å²) >= 11 is 0. The van der Waals surface area contributed by atoms with Crippen molar-refractivity contribution in [2.24, 2.45) is 0 Å². The predicted molar refractivity (Wildman–Crippen MR) is 75.0 cm³/mol. The van der Waals surface area contributed by atoms with Crippen LogP contribution in [-0.2, 0) is 13.0 Å². The number of ether oxygens (including phenoxy) is 1. The predicted octanol–water partition coefficient (Wildman–Crippen LogP) is 2.50. The minimum atomic E-state index is -0.951. The fraction of sp³-hybridized carbons (Fsp3) is 0.188. The van der Waals surface area contributed by atoms with E-state index in [0.717, 1.165) is 11.1 Å².